The Hall–Kier alpha value is -2.61. The van der Waals surface area contributed by atoms with Gasteiger partial charge in [-0.25, -0.2) is 0 Å². The van der Waals surface area contributed by atoms with Crippen molar-refractivity contribution in [3.05, 3.63) is 119 Å². The Morgan fingerprint density at radius 3 is 1.00 bits per heavy atom. The summed E-state index contributed by atoms with van der Waals surface area (Å²) in [5, 5.41) is 0. The van der Waals surface area contributed by atoms with Crippen LogP contribution in [0.25, 0.3) is 22.3 Å². The Bertz CT molecular complexity index is 1070. The molecule has 0 atom stereocenters. The molecule has 4 aromatic carbocycles. The molecule has 2 aliphatic carbocycles. The van der Waals surface area contributed by atoms with Crippen LogP contribution in [-0.4, -0.2) is 7.38 Å². The zero-order valence-electron chi connectivity index (χ0n) is 16.3. The van der Waals surface area contributed by atoms with Gasteiger partial charge in [0.15, 0.2) is 7.38 Å². The van der Waals surface area contributed by atoms with Crippen molar-refractivity contribution < 1.29 is 0 Å². The van der Waals surface area contributed by atoms with Gasteiger partial charge in [-0.3, -0.25) is 0 Å². The molecule has 0 bridgehead atoms. The van der Waals surface area contributed by atoms with E-state index in [1.54, 1.807) is 0 Å². The van der Waals surface area contributed by atoms with Crippen LogP contribution >= 0.6 is 11.1 Å². The third-order valence-electron chi connectivity index (χ3n) is 6.80. The van der Waals surface area contributed by atoms with Gasteiger partial charge < -0.3 is 0 Å². The van der Waals surface area contributed by atoms with Crippen molar-refractivity contribution in [2.45, 2.75) is 17.6 Å². The van der Waals surface area contributed by atoms with Crippen LogP contribution in [0.4, 0.5) is 0 Å². The summed E-state index contributed by atoms with van der Waals surface area (Å²) < 4.78 is 0. The van der Waals surface area contributed by atoms with Crippen molar-refractivity contribution >= 4 is 18.5 Å². The molecular weight excluding hydrogens is 388 g/mol. The lowest BCUT2D eigenvalue weighted by molar-refractivity contribution is 1.04. The van der Waals surface area contributed by atoms with Gasteiger partial charge in [0.2, 0.25) is 0 Å². The topological polar surface area (TPSA) is 0 Å². The molecule has 4 aromatic rings. The van der Waals surface area contributed by atoms with E-state index in [4.69, 9.17) is 11.1 Å². The Morgan fingerprint density at radius 2 is 0.724 bits per heavy atom. The van der Waals surface area contributed by atoms with E-state index in [1.165, 1.54) is 44.5 Å². The van der Waals surface area contributed by atoms with Gasteiger partial charge in [0.25, 0.3) is 0 Å². The number of halogens is 1. The third-order valence-corrected chi connectivity index (χ3v) is 11.6. The van der Waals surface area contributed by atoms with Crippen LogP contribution in [0.15, 0.2) is 97.1 Å². The van der Waals surface area contributed by atoms with Gasteiger partial charge in [0.05, 0.1) is 0 Å². The second-order valence-corrected chi connectivity index (χ2v) is 14.3. The zero-order valence-corrected chi connectivity index (χ0v) is 18.0. The van der Waals surface area contributed by atoms with Crippen LogP contribution in [0.3, 0.4) is 0 Å². The number of benzene rings is 4. The van der Waals surface area contributed by atoms with E-state index in [-0.39, 0.29) is 11.1 Å². The van der Waals surface area contributed by atoms with Crippen molar-refractivity contribution in [2.24, 2.45) is 0 Å². The minimum absolute atomic E-state index is 0.278. The molecule has 0 aliphatic heterocycles. The van der Waals surface area contributed by atoms with E-state index in [9.17, 15) is 0 Å². The van der Waals surface area contributed by atoms with E-state index in [0.29, 0.717) is 0 Å². The Morgan fingerprint density at radius 1 is 0.483 bits per heavy atom. The summed E-state index contributed by atoms with van der Waals surface area (Å²) in [7, 11) is -2.37. The summed E-state index contributed by atoms with van der Waals surface area (Å²) in [4.78, 5) is 0. The van der Waals surface area contributed by atoms with E-state index >= 15 is 0 Å². The highest BCUT2D eigenvalue weighted by atomic mass is 35.6. The molecule has 0 N–H and O–H groups in total. The minimum atomic E-state index is -2.37. The monoisotopic (exact) mass is 408 g/mol. The van der Waals surface area contributed by atoms with Crippen molar-refractivity contribution in [3.63, 3.8) is 0 Å². The molecule has 0 radical (unpaired) electrons. The fourth-order valence-corrected chi connectivity index (χ4v) is 10.9. The minimum Gasteiger partial charge on any atom is -0.165 e. The Balaban J connectivity index is 1.61. The third kappa shape index (κ3) is 2.32. The number of rotatable bonds is 2. The number of hydrogen-bond donors (Lipinski definition) is 0. The molecule has 2 heteroatoms. The lowest BCUT2D eigenvalue weighted by Gasteiger charge is -2.35. The van der Waals surface area contributed by atoms with Gasteiger partial charge in [-0.05, 0) is 44.5 Å². The Labute approximate surface area is 177 Å². The predicted octanol–water partition coefficient (Wildman–Crippen LogP) is 7.50. The molecule has 0 unspecified atom stereocenters. The first-order chi connectivity index (χ1) is 14.2. The molecule has 0 aromatic heterocycles. The summed E-state index contributed by atoms with van der Waals surface area (Å²) in [5.41, 5.74) is 11.6. The van der Waals surface area contributed by atoms with Gasteiger partial charge in [0, 0.05) is 11.1 Å². The summed E-state index contributed by atoms with van der Waals surface area (Å²) in [6, 6.07) is 35.4. The predicted molar refractivity (Wildman–Crippen MR) is 125 cm³/mol. The van der Waals surface area contributed by atoms with Crippen LogP contribution in [0.5, 0.6) is 0 Å². The van der Waals surface area contributed by atoms with Crippen LogP contribution in [-0.2, 0) is 0 Å². The maximum Gasteiger partial charge on any atom is 0.176 e. The van der Waals surface area contributed by atoms with Crippen molar-refractivity contribution in [1.29, 1.82) is 0 Å². The molecule has 0 saturated carbocycles. The first-order valence-corrected chi connectivity index (χ1v) is 13.9. The fraction of sp³-hybridized carbons (Fsp3) is 0.111. The second-order valence-electron chi connectivity index (χ2n) is 8.37. The SMILES string of the molecule is C[Si](Cl)(C1c2ccccc2-c2ccccc21)C1c2ccccc2-c2ccccc21. The van der Waals surface area contributed by atoms with E-state index < -0.39 is 7.38 Å². The van der Waals surface area contributed by atoms with Gasteiger partial charge in [-0.15, -0.1) is 0 Å². The molecule has 6 rings (SSSR count). The molecule has 29 heavy (non-hydrogen) atoms. The van der Waals surface area contributed by atoms with Crippen molar-refractivity contribution in [2.75, 3.05) is 0 Å². The normalized spacial score (nSPS) is 15.0. The molecular formula is C27H21ClSi. The molecule has 0 spiro atoms. The molecule has 0 fully saturated rings. The van der Waals surface area contributed by atoms with Crippen molar-refractivity contribution in [3.8, 4) is 22.3 Å². The fourth-order valence-electron chi connectivity index (χ4n) is 5.69. The first kappa shape index (κ1) is 17.3. The lowest BCUT2D eigenvalue weighted by atomic mass is 10.1. The van der Waals surface area contributed by atoms with E-state index in [0.717, 1.165) is 0 Å². The Kier molecular flexibility index (Phi) is 3.68. The van der Waals surface area contributed by atoms with Gasteiger partial charge >= 0.3 is 0 Å². The van der Waals surface area contributed by atoms with Crippen LogP contribution in [0.2, 0.25) is 6.55 Å². The smallest absolute Gasteiger partial charge is 0.165 e. The molecule has 0 saturated heterocycles. The van der Waals surface area contributed by atoms with E-state index in [1.807, 2.05) is 0 Å². The highest BCUT2D eigenvalue weighted by Crippen LogP contribution is 2.58. The standard InChI is InChI=1S/C27H21ClSi/c1-29(28,26-22-14-6-2-10-18(22)19-11-3-7-15-23(19)26)27-24-16-8-4-12-20(24)21-13-5-9-17-25(21)27/h2-17,26-27H,1H3. The molecule has 2 aliphatic rings. The van der Waals surface area contributed by atoms with E-state index in [2.05, 4.69) is 104 Å². The highest BCUT2D eigenvalue weighted by Gasteiger charge is 2.51. The van der Waals surface area contributed by atoms with Gasteiger partial charge in [-0.2, -0.15) is 11.1 Å². The van der Waals surface area contributed by atoms with Crippen LogP contribution < -0.4 is 0 Å². The zero-order chi connectivity index (χ0) is 19.6. The molecule has 0 nitrogen and oxygen atoms in total. The van der Waals surface area contributed by atoms with Crippen LogP contribution in [0, 0.1) is 0 Å². The quantitative estimate of drug-likeness (QED) is 0.238. The summed E-state index contributed by atoms with van der Waals surface area (Å²) in [6.07, 6.45) is 0. The first-order valence-electron chi connectivity index (χ1n) is 10.2. The summed E-state index contributed by atoms with van der Waals surface area (Å²) in [6.45, 7) is 2.38. The summed E-state index contributed by atoms with van der Waals surface area (Å²) >= 11 is 7.80. The number of fused-ring (bicyclic) bond motifs is 6. The van der Waals surface area contributed by atoms with Gasteiger partial charge in [0.1, 0.15) is 0 Å². The molecule has 0 heterocycles. The van der Waals surface area contributed by atoms with Gasteiger partial charge in [-0.1, -0.05) is 104 Å². The maximum atomic E-state index is 7.80. The highest BCUT2D eigenvalue weighted by molar-refractivity contribution is 7.21. The average molecular weight is 409 g/mol. The molecule has 0 amide bonds. The average Bonchev–Trinajstić information content (AvgIpc) is 3.28. The second kappa shape index (κ2) is 6.19. The maximum absolute atomic E-state index is 7.80. The number of hydrogen-bond acceptors (Lipinski definition) is 0. The lowest BCUT2D eigenvalue weighted by Crippen LogP contribution is -2.39. The summed E-state index contributed by atoms with van der Waals surface area (Å²) in [5.74, 6) is 0. The van der Waals surface area contributed by atoms with Crippen LogP contribution in [0.1, 0.15) is 33.3 Å². The largest absolute Gasteiger partial charge is 0.176 e. The van der Waals surface area contributed by atoms with Crippen molar-refractivity contribution in [1.82, 2.24) is 0 Å². The molecule has 140 valence electrons.